The average molecular weight is 297 g/mol. The topological polar surface area (TPSA) is 44.5 Å². The van der Waals surface area contributed by atoms with Gasteiger partial charge in [0.2, 0.25) is 0 Å². The van der Waals surface area contributed by atoms with Crippen molar-refractivity contribution in [2.75, 3.05) is 12.8 Å². The molecule has 0 aliphatic rings. The summed E-state index contributed by atoms with van der Waals surface area (Å²) in [6.45, 7) is -0.227. The second-order valence-electron chi connectivity index (χ2n) is 4.35. The number of nitrogen functional groups attached to an aromatic ring is 1. The summed E-state index contributed by atoms with van der Waals surface area (Å²) >= 11 is 0. The van der Waals surface area contributed by atoms with E-state index in [1.165, 1.54) is 19.2 Å². The summed E-state index contributed by atoms with van der Waals surface area (Å²) in [5.74, 6) is 0.839. The quantitative estimate of drug-likeness (QED) is 0.871. The zero-order valence-corrected chi connectivity index (χ0v) is 11.3. The van der Waals surface area contributed by atoms with Crippen LogP contribution in [0.3, 0.4) is 0 Å². The zero-order valence-electron chi connectivity index (χ0n) is 11.3. The van der Waals surface area contributed by atoms with E-state index >= 15 is 0 Å². The molecular formula is C15H14F3NO2. The summed E-state index contributed by atoms with van der Waals surface area (Å²) in [4.78, 5) is 0. The van der Waals surface area contributed by atoms with Gasteiger partial charge in [-0.15, -0.1) is 0 Å². The van der Waals surface area contributed by atoms with E-state index in [0.717, 1.165) is 6.07 Å². The van der Waals surface area contributed by atoms with Crippen LogP contribution in [0.15, 0.2) is 42.5 Å². The molecule has 0 spiro atoms. The first-order valence-corrected chi connectivity index (χ1v) is 6.13. The van der Waals surface area contributed by atoms with Crippen LogP contribution in [-0.2, 0) is 12.8 Å². The molecule has 0 amide bonds. The number of nitrogens with two attached hydrogens (primary N) is 1. The first-order chi connectivity index (χ1) is 9.91. The van der Waals surface area contributed by atoms with E-state index in [-0.39, 0.29) is 17.9 Å². The highest BCUT2D eigenvalue weighted by molar-refractivity contribution is 5.46. The monoisotopic (exact) mass is 297 g/mol. The molecule has 0 aliphatic carbocycles. The van der Waals surface area contributed by atoms with Gasteiger partial charge in [-0.2, -0.15) is 13.2 Å². The van der Waals surface area contributed by atoms with E-state index in [1.807, 2.05) is 0 Å². The number of rotatable bonds is 4. The lowest BCUT2D eigenvalue weighted by atomic mass is 10.1. The molecule has 0 saturated carbocycles. The lowest BCUT2D eigenvalue weighted by molar-refractivity contribution is -0.138. The van der Waals surface area contributed by atoms with E-state index in [2.05, 4.69) is 0 Å². The van der Waals surface area contributed by atoms with Gasteiger partial charge in [0.15, 0.2) is 11.5 Å². The second-order valence-corrected chi connectivity index (χ2v) is 4.35. The van der Waals surface area contributed by atoms with Crippen LogP contribution in [0.5, 0.6) is 11.5 Å². The molecule has 0 saturated heterocycles. The van der Waals surface area contributed by atoms with Crippen LogP contribution in [0.2, 0.25) is 0 Å². The summed E-state index contributed by atoms with van der Waals surface area (Å²) in [6, 6.07) is 10.4. The van der Waals surface area contributed by atoms with Crippen molar-refractivity contribution in [2.24, 2.45) is 0 Å². The molecule has 3 nitrogen and oxygen atoms in total. The predicted molar refractivity (Wildman–Crippen MR) is 73.2 cm³/mol. The summed E-state index contributed by atoms with van der Waals surface area (Å²) in [5.41, 5.74) is 4.70. The SMILES string of the molecule is COc1ccccc1OCc1ccc(N)cc1C(F)(F)F. The Morgan fingerprint density at radius 2 is 1.71 bits per heavy atom. The van der Waals surface area contributed by atoms with Gasteiger partial charge in [0.25, 0.3) is 0 Å². The molecule has 0 heterocycles. The van der Waals surface area contributed by atoms with Crippen LogP contribution in [0, 0.1) is 0 Å². The number of para-hydroxylation sites is 2. The van der Waals surface area contributed by atoms with E-state index in [9.17, 15) is 13.2 Å². The van der Waals surface area contributed by atoms with Crippen LogP contribution < -0.4 is 15.2 Å². The molecule has 21 heavy (non-hydrogen) atoms. The number of anilines is 1. The maximum atomic E-state index is 13.0. The number of halogens is 3. The largest absolute Gasteiger partial charge is 0.493 e. The fourth-order valence-corrected chi connectivity index (χ4v) is 1.88. The van der Waals surface area contributed by atoms with Crippen molar-refractivity contribution in [3.8, 4) is 11.5 Å². The Bertz CT molecular complexity index is 627. The van der Waals surface area contributed by atoms with Gasteiger partial charge in [0.1, 0.15) is 6.61 Å². The van der Waals surface area contributed by atoms with Crippen LogP contribution in [0.25, 0.3) is 0 Å². The first-order valence-electron chi connectivity index (χ1n) is 6.13. The molecule has 0 radical (unpaired) electrons. The number of alkyl halides is 3. The van der Waals surface area contributed by atoms with Gasteiger partial charge in [-0.1, -0.05) is 18.2 Å². The van der Waals surface area contributed by atoms with Crippen LogP contribution >= 0.6 is 0 Å². The maximum absolute atomic E-state index is 13.0. The molecule has 2 aromatic carbocycles. The minimum absolute atomic E-state index is 0.0163. The molecule has 0 unspecified atom stereocenters. The zero-order chi connectivity index (χ0) is 15.5. The van der Waals surface area contributed by atoms with Crippen LogP contribution in [0.4, 0.5) is 18.9 Å². The minimum atomic E-state index is -4.48. The molecule has 2 aromatic rings. The number of methoxy groups -OCH3 is 1. The molecule has 2 N–H and O–H groups in total. The molecule has 0 aromatic heterocycles. The summed E-state index contributed by atoms with van der Waals surface area (Å²) < 4.78 is 49.4. The highest BCUT2D eigenvalue weighted by Gasteiger charge is 2.33. The van der Waals surface area contributed by atoms with Gasteiger partial charge in [-0.3, -0.25) is 0 Å². The van der Waals surface area contributed by atoms with Crippen molar-refractivity contribution < 1.29 is 22.6 Å². The predicted octanol–water partition coefficient (Wildman–Crippen LogP) is 3.88. The Labute approximate surface area is 120 Å². The lowest BCUT2D eigenvalue weighted by Gasteiger charge is -2.15. The Kier molecular flexibility index (Phi) is 4.26. The Morgan fingerprint density at radius 1 is 1.05 bits per heavy atom. The standard InChI is InChI=1S/C15H14F3NO2/c1-20-13-4-2-3-5-14(13)21-9-10-6-7-11(19)8-12(10)15(16,17)18/h2-8H,9,19H2,1H3. The smallest absolute Gasteiger partial charge is 0.416 e. The molecular weight excluding hydrogens is 283 g/mol. The molecule has 6 heteroatoms. The third-order valence-electron chi connectivity index (χ3n) is 2.89. The third-order valence-corrected chi connectivity index (χ3v) is 2.89. The van der Waals surface area contributed by atoms with Gasteiger partial charge in [-0.25, -0.2) is 0 Å². The number of hydrogen-bond donors (Lipinski definition) is 1. The molecule has 0 bridgehead atoms. The van der Waals surface area contributed by atoms with Crippen molar-refractivity contribution in [3.05, 3.63) is 53.6 Å². The third kappa shape index (κ3) is 3.59. The van der Waals surface area contributed by atoms with Crippen LogP contribution in [0.1, 0.15) is 11.1 Å². The van der Waals surface area contributed by atoms with Gasteiger partial charge in [0, 0.05) is 11.3 Å². The highest BCUT2D eigenvalue weighted by Crippen LogP contribution is 2.34. The Balaban J connectivity index is 2.24. The van der Waals surface area contributed by atoms with Crippen molar-refractivity contribution in [1.82, 2.24) is 0 Å². The number of benzene rings is 2. The second kappa shape index (κ2) is 5.95. The maximum Gasteiger partial charge on any atom is 0.416 e. The Morgan fingerprint density at radius 3 is 2.33 bits per heavy atom. The van der Waals surface area contributed by atoms with E-state index in [0.29, 0.717) is 11.5 Å². The Hall–Kier alpha value is -2.37. The van der Waals surface area contributed by atoms with Crippen molar-refractivity contribution in [2.45, 2.75) is 12.8 Å². The minimum Gasteiger partial charge on any atom is -0.493 e. The molecule has 0 aliphatic heterocycles. The number of hydrogen-bond acceptors (Lipinski definition) is 3. The van der Waals surface area contributed by atoms with Crippen molar-refractivity contribution in [3.63, 3.8) is 0 Å². The van der Waals surface area contributed by atoms with E-state index in [1.54, 1.807) is 24.3 Å². The molecule has 2 rings (SSSR count). The van der Waals surface area contributed by atoms with Gasteiger partial charge >= 0.3 is 6.18 Å². The van der Waals surface area contributed by atoms with Crippen LogP contribution in [-0.4, -0.2) is 7.11 Å². The highest BCUT2D eigenvalue weighted by atomic mass is 19.4. The van der Waals surface area contributed by atoms with Gasteiger partial charge in [0.05, 0.1) is 12.7 Å². The lowest BCUT2D eigenvalue weighted by Crippen LogP contribution is -2.11. The van der Waals surface area contributed by atoms with Crippen molar-refractivity contribution >= 4 is 5.69 Å². The first kappa shape index (κ1) is 15.0. The van der Waals surface area contributed by atoms with Gasteiger partial charge < -0.3 is 15.2 Å². The molecule has 112 valence electrons. The molecule has 0 fully saturated rings. The van der Waals surface area contributed by atoms with E-state index < -0.39 is 11.7 Å². The van der Waals surface area contributed by atoms with E-state index in [4.69, 9.17) is 15.2 Å². The summed E-state index contributed by atoms with van der Waals surface area (Å²) in [5, 5.41) is 0. The molecule has 0 atom stereocenters. The van der Waals surface area contributed by atoms with Gasteiger partial charge in [-0.05, 0) is 24.3 Å². The summed E-state index contributed by atoms with van der Waals surface area (Å²) in [7, 11) is 1.46. The van der Waals surface area contributed by atoms with Crippen molar-refractivity contribution in [1.29, 1.82) is 0 Å². The fourth-order valence-electron chi connectivity index (χ4n) is 1.88. The average Bonchev–Trinajstić information content (AvgIpc) is 2.45. The normalized spacial score (nSPS) is 11.2. The fraction of sp³-hybridized carbons (Fsp3) is 0.200. The summed E-state index contributed by atoms with van der Waals surface area (Å²) in [6.07, 6.45) is -4.48. The number of ether oxygens (including phenoxy) is 2.